The van der Waals surface area contributed by atoms with Gasteiger partial charge in [0.25, 0.3) is 0 Å². The van der Waals surface area contributed by atoms with Gasteiger partial charge >= 0.3 is 0 Å². The van der Waals surface area contributed by atoms with Gasteiger partial charge in [0, 0.05) is 15.7 Å². The van der Waals surface area contributed by atoms with Crippen molar-refractivity contribution in [3.8, 4) is 6.07 Å². The Hall–Kier alpha value is -3.31. The first-order valence-electron chi connectivity index (χ1n) is 7.46. The first-order chi connectivity index (χ1) is 12.5. The van der Waals surface area contributed by atoms with Crippen LogP contribution in [0.15, 0.2) is 53.0 Å². The van der Waals surface area contributed by atoms with Crippen molar-refractivity contribution in [2.24, 2.45) is 0 Å². The van der Waals surface area contributed by atoms with E-state index in [9.17, 15) is 9.65 Å². The van der Waals surface area contributed by atoms with Crippen molar-refractivity contribution < 1.29 is 4.39 Å². The largest absolute Gasteiger partial charge is 0.368 e. The van der Waals surface area contributed by atoms with Crippen LogP contribution in [0.2, 0.25) is 0 Å². The van der Waals surface area contributed by atoms with Crippen molar-refractivity contribution in [2.75, 3.05) is 11.1 Å². The van der Waals surface area contributed by atoms with E-state index in [1.165, 1.54) is 12.1 Å². The summed E-state index contributed by atoms with van der Waals surface area (Å²) in [4.78, 5) is 12.2. The zero-order valence-electron chi connectivity index (χ0n) is 13.3. The Kier molecular flexibility index (Phi) is 5.20. The Morgan fingerprint density at radius 3 is 2.65 bits per heavy atom. The van der Waals surface area contributed by atoms with Crippen molar-refractivity contribution in [3.63, 3.8) is 0 Å². The molecule has 0 aliphatic heterocycles. The molecule has 1 heterocycles. The Morgan fingerprint density at radius 2 is 1.92 bits per heavy atom. The monoisotopic (exact) mass is 410 g/mol. The summed E-state index contributed by atoms with van der Waals surface area (Å²) in [5, 5.41) is 12.4. The predicted octanol–water partition coefficient (Wildman–Crippen LogP) is 4.16. The third kappa shape index (κ3) is 4.20. The van der Waals surface area contributed by atoms with Crippen molar-refractivity contribution in [3.05, 3.63) is 70.2 Å². The molecule has 0 spiro atoms. The maximum atomic E-state index is 14.0. The lowest BCUT2D eigenvalue weighted by atomic mass is 10.1. The molecule has 0 atom stereocenters. The molecule has 6 nitrogen and oxygen atoms in total. The van der Waals surface area contributed by atoms with E-state index in [2.05, 4.69) is 36.2 Å². The normalized spacial score (nSPS) is 11.0. The van der Waals surface area contributed by atoms with Crippen LogP contribution in [0.1, 0.15) is 11.4 Å². The molecule has 3 N–H and O–H groups in total. The number of para-hydroxylation sites is 1. The molecule has 0 saturated carbocycles. The molecule has 0 aliphatic rings. The van der Waals surface area contributed by atoms with E-state index < -0.39 is 5.82 Å². The highest BCUT2D eigenvalue weighted by atomic mass is 79.9. The smallest absolute Gasteiger partial charge is 0.232 e. The van der Waals surface area contributed by atoms with Crippen molar-refractivity contribution in [2.45, 2.75) is 0 Å². The number of halogens is 2. The van der Waals surface area contributed by atoms with Crippen LogP contribution in [0.3, 0.4) is 0 Å². The topological polar surface area (TPSA) is 101 Å². The number of hydrogen-bond donors (Lipinski definition) is 2. The van der Waals surface area contributed by atoms with Gasteiger partial charge in [-0.1, -0.05) is 34.1 Å². The minimum atomic E-state index is -0.467. The fraction of sp³-hybridized carbons (Fsp3) is 0. The van der Waals surface area contributed by atoms with Crippen LogP contribution >= 0.6 is 15.9 Å². The van der Waals surface area contributed by atoms with E-state index >= 15 is 0 Å². The summed E-state index contributed by atoms with van der Waals surface area (Å²) in [5.41, 5.74) is 6.78. The summed E-state index contributed by atoms with van der Waals surface area (Å²) < 4.78 is 14.6. The number of nitriles is 1. The number of allylic oxidation sites excluding steroid dienone is 1. The van der Waals surface area contributed by atoms with E-state index in [1.807, 2.05) is 36.4 Å². The molecule has 26 heavy (non-hydrogen) atoms. The Labute approximate surface area is 157 Å². The average molecular weight is 411 g/mol. The quantitative estimate of drug-likeness (QED) is 0.626. The number of aromatic nitrogens is 3. The molecule has 3 aromatic rings. The van der Waals surface area contributed by atoms with E-state index in [1.54, 1.807) is 12.1 Å². The lowest BCUT2D eigenvalue weighted by Gasteiger charge is -2.07. The van der Waals surface area contributed by atoms with Crippen LogP contribution in [0, 0.1) is 17.1 Å². The van der Waals surface area contributed by atoms with Crippen LogP contribution in [0.5, 0.6) is 0 Å². The van der Waals surface area contributed by atoms with Gasteiger partial charge in [0.15, 0.2) is 5.82 Å². The second-order valence-electron chi connectivity index (χ2n) is 5.17. The molecule has 0 amide bonds. The lowest BCUT2D eigenvalue weighted by Crippen LogP contribution is -2.06. The predicted molar refractivity (Wildman–Crippen MR) is 102 cm³/mol. The fourth-order valence-electron chi connectivity index (χ4n) is 2.15. The standard InChI is InChI=1S/C18H12BrFN6/c19-13-6-7-15(20)11(9-13)8-12(10-21)16-24-17(22)26-18(25-16)23-14-4-2-1-3-5-14/h1-9H,(H3,22,23,24,25,26)/b12-8+. The van der Waals surface area contributed by atoms with E-state index in [-0.39, 0.29) is 28.9 Å². The highest BCUT2D eigenvalue weighted by molar-refractivity contribution is 9.10. The van der Waals surface area contributed by atoms with Gasteiger partial charge in [-0.3, -0.25) is 0 Å². The first-order valence-corrected chi connectivity index (χ1v) is 8.25. The summed E-state index contributed by atoms with van der Waals surface area (Å²) in [6, 6.07) is 15.6. The van der Waals surface area contributed by atoms with Gasteiger partial charge in [0.2, 0.25) is 11.9 Å². The van der Waals surface area contributed by atoms with Crippen molar-refractivity contribution >= 4 is 45.2 Å². The number of hydrogen-bond acceptors (Lipinski definition) is 6. The Bertz CT molecular complexity index is 1010. The lowest BCUT2D eigenvalue weighted by molar-refractivity contribution is 0.625. The third-order valence-corrected chi connectivity index (χ3v) is 3.80. The summed E-state index contributed by atoms with van der Waals surface area (Å²) in [5.74, 6) is -0.276. The first kappa shape index (κ1) is 17.5. The molecule has 0 aliphatic carbocycles. The minimum absolute atomic E-state index is 0.0516. The molecule has 0 radical (unpaired) electrons. The summed E-state index contributed by atoms with van der Waals surface area (Å²) in [6.45, 7) is 0. The number of rotatable bonds is 4. The maximum Gasteiger partial charge on any atom is 0.232 e. The van der Waals surface area contributed by atoms with Crippen LogP contribution in [-0.4, -0.2) is 15.0 Å². The molecule has 0 fully saturated rings. The van der Waals surface area contributed by atoms with Crippen molar-refractivity contribution in [1.82, 2.24) is 15.0 Å². The fourth-order valence-corrected chi connectivity index (χ4v) is 2.53. The van der Waals surface area contributed by atoms with Crippen LogP contribution < -0.4 is 11.1 Å². The number of anilines is 3. The van der Waals surface area contributed by atoms with Crippen molar-refractivity contribution in [1.29, 1.82) is 5.26 Å². The van der Waals surface area contributed by atoms with Gasteiger partial charge in [0.1, 0.15) is 11.9 Å². The van der Waals surface area contributed by atoms with Gasteiger partial charge in [0.05, 0.1) is 5.57 Å². The number of nitrogens with one attached hydrogen (secondary N) is 1. The minimum Gasteiger partial charge on any atom is -0.368 e. The number of benzene rings is 2. The second-order valence-corrected chi connectivity index (χ2v) is 6.08. The zero-order valence-corrected chi connectivity index (χ0v) is 14.9. The number of nitrogen functional groups attached to an aromatic ring is 1. The highest BCUT2D eigenvalue weighted by Crippen LogP contribution is 2.22. The molecular weight excluding hydrogens is 399 g/mol. The molecular formula is C18H12BrFN6. The third-order valence-electron chi connectivity index (χ3n) is 3.30. The number of nitrogens with two attached hydrogens (primary N) is 1. The molecule has 8 heteroatoms. The molecule has 1 aromatic heterocycles. The molecule has 0 bridgehead atoms. The molecule has 3 rings (SSSR count). The van der Waals surface area contributed by atoms with Gasteiger partial charge in [-0.05, 0) is 36.4 Å². The molecule has 0 saturated heterocycles. The van der Waals surface area contributed by atoms with Gasteiger partial charge in [-0.25, -0.2) is 4.39 Å². The second kappa shape index (κ2) is 7.72. The Balaban J connectivity index is 2.00. The van der Waals surface area contributed by atoms with Gasteiger partial charge in [-0.2, -0.15) is 20.2 Å². The van der Waals surface area contributed by atoms with Crippen LogP contribution in [0.25, 0.3) is 11.6 Å². The van der Waals surface area contributed by atoms with E-state index in [4.69, 9.17) is 5.73 Å². The van der Waals surface area contributed by atoms with Crippen LogP contribution in [-0.2, 0) is 0 Å². The summed E-state index contributed by atoms with van der Waals surface area (Å²) in [7, 11) is 0. The van der Waals surface area contributed by atoms with Crippen LogP contribution in [0.4, 0.5) is 22.0 Å². The molecule has 0 unspecified atom stereocenters. The van der Waals surface area contributed by atoms with Gasteiger partial charge < -0.3 is 11.1 Å². The van der Waals surface area contributed by atoms with Gasteiger partial charge in [-0.15, -0.1) is 0 Å². The maximum absolute atomic E-state index is 14.0. The Morgan fingerprint density at radius 1 is 1.15 bits per heavy atom. The van der Waals surface area contributed by atoms with E-state index in [0.29, 0.717) is 4.47 Å². The summed E-state index contributed by atoms with van der Waals surface area (Å²) in [6.07, 6.45) is 1.36. The molecule has 2 aromatic carbocycles. The average Bonchev–Trinajstić information content (AvgIpc) is 2.62. The van der Waals surface area contributed by atoms with E-state index in [0.717, 1.165) is 5.69 Å². The summed E-state index contributed by atoms with van der Waals surface area (Å²) >= 11 is 3.27. The zero-order chi connectivity index (χ0) is 18.5. The highest BCUT2D eigenvalue weighted by Gasteiger charge is 2.11. The SMILES string of the molecule is N#C/C(=C\c1cc(Br)ccc1F)c1nc(N)nc(Nc2ccccc2)n1. The molecule has 128 valence electrons. The number of nitrogens with zero attached hydrogens (tertiary/aromatic N) is 4.